The molecule has 1 aromatic heterocycles. The molecular formula is C20H20BrN3O2S. The highest BCUT2D eigenvalue weighted by Gasteiger charge is 2.33. The van der Waals surface area contributed by atoms with Gasteiger partial charge in [-0.1, -0.05) is 40.9 Å². The van der Waals surface area contributed by atoms with E-state index in [4.69, 9.17) is 0 Å². The molecule has 0 radical (unpaired) electrons. The Balaban J connectivity index is 1.70. The van der Waals surface area contributed by atoms with Crippen LogP contribution in [0.1, 0.15) is 53.7 Å². The molecule has 1 heterocycles. The normalized spacial score (nSPS) is 19.3. The molecule has 0 saturated heterocycles. The largest absolute Gasteiger partial charge is 0.315 e. The first-order valence-corrected chi connectivity index (χ1v) is 10.5. The van der Waals surface area contributed by atoms with Gasteiger partial charge in [-0.2, -0.15) is 9.64 Å². The standard InChI is InChI=1S/C20H20BrN3O2S/c1-12-17(11-22)20(27-24-12)23-18(25)10-14-4-2-3-5-16(14)19(26)13-6-8-15(21)9-7-13/h6-9,14,16H,2-5,10H2,1H3,(H,23,25). The van der Waals surface area contributed by atoms with Crippen molar-refractivity contribution in [2.75, 3.05) is 5.32 Å². The number of rotatable bonds is 5. The highest BCUT2D eigenvalue weighted by atomic mass is 79.9. The van der Waals surface area contributed by atoms with E-state index in [0.717, 1.165) is 41.7 Å². The van der Waals surface area contributed by atoms with Crippen LogP contribution in [-0.2, 0) is 4.79 Å². The van der Waals surface area contributed by atoms with Crippen LogP contribution >= 0.6 is 27.5 Å². The zero-order valence-electron chi connectivity index (χ0n) is 15.0. The van der Waals surface area contributed by atoms with Crippen LogP contribution in [0.5, 0.6) is 0 Å². The van der Waals surface area contributed by atoms with Gasteiger partial charge in [-0.05, 0) is 49.3 Å². The van der Waals surface area contributed by atoms with E-state index in [1.54, 1.807) is 6.92 Å². The zero-order valence-corrected chi connectivity index (χ0v) is 17.4. The van der Waals surface area contributed by atoms with Crippen molar-refractivity contribution in [2.45, 2.75) is 39.0 Å². The van der Waals surface area contributed by atoms with Gasteiger partial charge in [0.15, 0.2) is 5.78 Å². The number of carbonyl (C=O) groups excluding carboxylic acids is 2. The minimum absolute atomic E-state index is 0.0226. The lowest BCUT2D eigenvalue weighted by molar-refractivity contribution is -0.117. The number of hydrogen-bond acceptors (Lipinski definition) is 5. The van der Waals surface area contributed by atoms with Crippen LogP contribution in [0.2, 0.25) is 0 Å². The van der Waals surface area contributed by atoms with Crippen LogP contribution in [0.4, 0.5) is 5.00 Å². The highest BCUT2D eigenvalue weighted by Crippen LogP contribution is 2.35. The van der Waals surface area contributed by atoms with Gasteiger partial charge in [0, 0.05) is 22.4 Å². The first-order chi connectivity index (χ1) is 13.0. The molecule has 1 aliphatic carbocycles. The topological polar surface area (TPSA) is 82.8 Å². The summed E-state index contributed by atoms with van der Waals surface area (Å²) in [7, 11) is 0. The molecule has 1 aliphatic rings. The molecule has 2 aromatic rings. The Labute approximate surface area is 171 Å². The van der Waals surface area contributed by atoms with Crippen molar-refractivity contribution in [2.24, 2.45) is 11.8 Å². The summed E-state index contributed by atoms with van der Waals surface area (Å²) in [6.45, 7) is 1.75. The number of anilines is 1. The van der Waals surface area contributed by atoms with Crippen molar-refractivity contribution in [3.8, 4) is 6.07 Å². The van der Waals surface area contributed by atoms with Gasteiger partial charge in [0.2, 0.25) is 5.91 Å². The van der Waals surface area contributed by atoms with Crippen molar-refractivity contribution < 1.29 is 9.59 Å². The number of halogens is 1. The fraction of sp³-hybridized carbons (Fsp3) is 0.400. The molecule has 2 unspecified atom stereocenters. The summed E-state index contributed by atoms with van der Waals surface area (Å²) in [4.78, 5) is 25.5. The molecule has 0 aliphatic heterocycles. The van der Waals surface area contributed by atoms with Crippen LogP contribution in [0, 0.1) is 30.1 Å². The molecule has 27 heavy (non-hydrogen) atoms. The van der Waals surface area contributed by atoms with E-state index in [1.807, 2.05) is 24.3 Å². The number of benzene rings is 1. The minimum Gasteiger partial charge on any atom is -0.315 e. The number of nitriles is 1. The van der Waals surface area contributed by atoms with Crippen molar-refractivity contribution >= 4 is 44.2 Å². The van der Waals surface area contributed by atoms with Gasteiger partial charge in [0.25, 0.3) is 0 Å². The maximum atomic E-state index is 13.0. The number of nitrogens with zero attached hydrogens (tertiary/aromatic N) is 2. The predicted molar refractivity (Wildman–Crippen MR) is 109 cm³/mol. The quantitative estimate of drug-likeness (QED) is 0.648. The number of aromatic nitrogens is 1. The summed E-state index contributed by atoms with van der Waals surface area (Å²) in [6.07, 6.45) is 4.01. The minimum atomic E-state index is -0.157. The number of ketones is 1. The van der Waals surface area contributed by atoms with Crippen LogP contribution in [-0.4, -0.2) is 16.1 Å². The summed E-state index contributed by atoms with van der Waals surface area (Å²) in [5.41, 5.74) is 1.73. The maximum Gasteiger partial charge on any atom is 0.225 e. The van der Waals surface area contributed by atoms with Crippen molar-refractivity contribution in [1.82, 2.24) is 4.37 Å². The van der Waals surface area contributed by atoms with E-state index in [1.165, 1.54) is 0 Å². The molecular weight excluding hydrogens is 426 g/mol. The van der Waals surface area contributed by atoms with Gasteiger partial charge < -0.3 is 5.32 Å². The average molecular weight is 446 g/mol. The molecule has 1 N–H and O–H groups in total. The number of aryl methyl sites for hydroxylation is 1. The SMILES string of the molecule is Cc1nsc(NC(=O)CC2CCCCC2C(=O)c2ccc(Br)cc2)c1C#N. The van der Waals surface area contributed by atoms with E-state index in [-0.39, 0.29) is 29.9 Å². The zero-order chi connectivity index (χ0) is 19.4. The number of Topliss-reactive ketones (excluding diaryl/α,β-unsaturated/α-hetero) is 1. The smallest absolute Gasteiger partial charge is 0.225 e. The second-order valence-corrected chi connectivity index (χ2v) is 8.55. The Morgan fingerprint density at radius 3 is 2.70 bits per heavy atom. The fourth-order valence-electron chi connectivity index (χ4n) is 3.63. The summed E-state index contributed by atoms with van der Waals surface area (Å²) < 4.78 is 5.06. The molecule has 140 valence electrons. The molecule has 1 amide bonds. The molecule has 1 aromatic carbocycles. The van der Waals surface area contributed by atoms with Gasteiger partial charge in [-0.25, -0.2) is 0 Å². The van der Waals surface area contributed by atoms with E-state index < -0.39 is 0 Å². The van der Waals surface area contributed by atoms with Gasteiger partial charge in [0.1, 0.15) is 16.6 Å². The van der Waals surface area contributed by atoms with Crippen molar-refractivity contribution in [1.29, 1.82) is 5.26 Å². The Bertz CT molecular complexity index is 886. The third-order valence-corrected chi connectivity index (χ3v) is 6.43. The summed E-state index contributed by atoms with van der Waals surface area (Å²) in [5.74, 6) is -0.152. The highest BCUT2D eigenvalue weighted by molar-refractivity contribution is 9.10. The molecule has 5 nitrogen and oxygen atoms in total. The first kappa shape index (κ1) is 19.7. The maximum absolute atomic E-state index is 13.0. The molecule has 1 fully saturated rings. The van der Waals surface area contributed by atoms with Gasteiger partial charge >= 0.3 is 0 Å². The molecule has 0 bridgehead atoms. The monoisotopic (exact) mass is 445 g/mol. The van der Waals surface area contributed by atoms with E-state index in [2.05, 4.69) is 31.7 Å². The Kier molecular flexibility index (Phi) is 6.40. The third-order valence-electron chi connectivity index (χ3n) is 5.05. The van der Waals surface area contributed by atoms with Crippen LogP contribution in [0.25, 0.3) is 0 Å². The molecule has 3 rings (SSSR count). The molecule has 0 spiro atoms. The van der Waals surface area contributed by atoms with Gasteiger partial charge in [-0.15, -0.1) is 0 Å². The Morgan fingerprint density at radius 2 is 2.00 bits per heavy atom. The van der Waals surface area contributed by atoms with Gasteiger partial charge in [-0.3, -0.25) is 9.59 Å². The van der Waals surface area contributed by atoms with E-state index >= 15 is 0 Å². The number of amides is 1. The number of nitrogens with one attached hydrogen (secondary N) is 1. The first-order valence-electron chi connectivity index (χ1n) is 8.95. The van der Waals surface area contributed by atoms with Gasteiger partial charge in [0.05, 0.1) is 5.69 Å². The number of hydrogen-bond donors (Lipinski definition) is 1. The predicted octanol–water partition coefficient (Wildman–Crippen LogP) is 5.10. The van der Waals surface area contributed by atoms with Crippen LogP contribution in [0.3, 0.4) is 0 Å². The van der Waals surface area contributed by atoms with Crippen LogP contribution < -0.4 is 5.32 Å². The second-order valence-electron chi connectivity index (χ2n) is 6.86. The average Bonchev–Trinajstić information content (AvgIpc) is 3.01. The molecule has 1 saturated carbocycles. The second kappa shape index (κ2) is 8.77. The summed E-state index contributed by atoms with van der Waals surface area (Å²) in [5, 5.41) is 12.5. The van der Waals surface area contributed by atoms with E-state index in [0.29, 0.717) is 21.8 Å². The lowest BCUT2D eigenvalue weighted by Crippen LogP contribution is -2.30. The van der Waals surface area contributed by atoms with E-state index in [9.17, 15) is 14.9 Å². The molecule has 2 atom stereocenters. The lowest BCUT2D eigenvalue weighted by atomic mass is 9.74. The van der Waals surface area contributed by atoms with Crippen molar-refractivity contribution in [3.05, 3.63) is 45.6 Å². The summed E-state index contributed by atoms with van der Waals surface area (Å²) in [6, 6.07) is 9.48. The lowest BCUT2D eigenvalue weighted by Gasteiger charge is -2.30. The number of carbonyl (C=O) groups is 2. The molecule has 7 heteroatoms. The third kappa shape index (κ3) is 4.63. The Morgan fingerprint density at radius 1 is 1.30 bits per heavy atom. The summed E-state index contributed by atoms with van der Waals surface area (Å²) >= 11 is 4.51. The van der Waals surface area contributed by atoms with Crippen molar-refractivity contribution in [3.63, 3.8) is 0 Å². The van der Waals surface area contributed by atoms with Crippen LogP contribution in [0.15, 0.2) is 28.7 Å². The fourth-order valence-corrected chi connectivity index (χ4v) is 4.66. The Hall–Kier alpha value is -2.04.